The minimum absolute atomic E-state index is 0.148. The highest BCUT2D eigenvalue weighted by atomic mass is 16.1. The highest BCUT2D eigenvalue weighted by Gasteiger charge is 2.29. The second-order valence-electron chi connectivity index (χ2n) is 7.16. The second kappa shape index (κ2) is 7.93. The number of piperidine rings is 1. The van der Waals surface area contributed by atoms with Gasteiger partial charge in [0.15, 0.2) is 0 Å². The zero-order valence-electron chi connectivity index (χ0n) is 14.1. The lowest BCUT2D eigenvalue weighted by atomic mass is 9.88. The third-order valence-electron chi connectivity index (χ3n) is 5.45. The monoisotopic (exact) mass is 315 g/mol. The van der Waals surface area contributed by atoms with Crippen molar-refractivity contribution in [2.24, 2.45) is 17.8 Å². The van der Waals surface area contributed by atoms with Gasteiger partial charge in [-0.25, -0.2) is 0 Å². The molecule has 2 N–H and O–H groups in total. The van der Waals surface area contributed by atoms with Crippen molar-refractivity contribution >= 4 is 5.91 Å². The molecule has 3 rings (SSSR count). The molecule has 2 fully saturated rings. The molecule has 2 aliphatic heterocycles. The minimum Gasteiger partial charge on any atom is -0.356 e. The SMILES string of the molecule is CC(C(=O)NCC1CCN(Cc2ccccc2)CC1)C1CNC1. The van der Waals surface area contributed by atoms with E-state index >= 15 is 0 Å². The van der Waals surface area contributed by atoms with Gasteiger partial charge in [-0.15, -0.1) is 0 Å². The van der Waals surface area contributed by atoms with Gasteiger partial charge in [0.1, 0.15) is 0 Å². The summed E-state index contributed by atoms with van der Waals surface area (Å²) in [6, 6.07) is 10.7. The van der Waals surface area contributed by atoms with Gasteiger partial charge < -0.3 is 10.6 Å². The molecule has 1 aromatic rings. The minimum atomic E-state index is 0.148. The average Bonchev–Trinajstić information content (AvgIpc) is 2.53. The van der Waals surface area contributed by atoms with Crippen LogP contribution in [0, 0.1) is 17.8 Å². The van der Waals surface area contributed by atoms with Gasteiger partial charge in [-0.3, -0.25) is 9.69 Å². The van der Waals surface area contributed by atoms with E-state index in [9.17, 15) is 4.79 Å². The van der Waals surface area contributed by atoms with E-state index < -0.39 is 0 Å². The smallest absolute Gasteiger partial charge is 0.223 e. The Morgan fingerprint density at radius 2 is 1.96 bits per heavy atom. The van der Waals surface area contributed by atoms with E-state index in [4.69, 9.17) is 0 Å². The summed E-state index contributed by atoms with van der Waals surface area (Å²) in [5.41, 5.74) is 1.39. The Balaban J connectivity index is 1.35. The molecule has 1 unspecified atom stereocenters. The molecule has 0 aliphatic carbocycles. The summed E-state index contributed by atoms with van der Waals surface area (Å²) in [4.78, 5) is 14.7. The van der Waals surface area contributed by atoms with E-state index in [0.717, 1.165) is 39.3 Å². The lowest BCUT2D eigenvalue weighted by Crippen LogP contribution is -2.50. The molecule has 4 heteroatoms. The third kappa shape index (κ3) is 4.55. The van der Waals surface area contributed by atoms with Crippen LogP contribution in [0.1, 0.15) is 25.3 Å². The molecule has 0 bridgehead atoms. The summed E-state index contributed by atoms with van der Waals surface area (Å²) in [5.74, 6) is 1.55. The predicted octanol–water partition coefficient (Wildman–Crippen LogP) is 1.87. The van der Waals surface area contributed by atoms with Crippen LogP contribution in [-0.4, -0.2) is 43.5 Å². The van der Waals surface area contributed by atoms with Gasteiger partial charge in [-0.2, -0.15) is 0 Å². The van der Waals surface area contributed by atoms with Crippen molar-refractivity contribution in [3.05, 3.63) is 35.9 Å². The molecule has 4 nitrogen and oxygen atoms in total. The summed E-state index contributed by atoms with van der Waals surface area (Å²) in [6.07, 6.45) is 2.37. The van der Waals surface area contributed by atoms with Gasteiger partial charge >= 0.3 is 0 Å². The van der Waals surface area contributed by atoms with Gasteiger partial charge in [-0.1, -0.05) is 37.3 Å². The predicted molar refractivity (Wildman–Crippen MR) is 93.0 cm³/mol. The Kier molecular flexibility index (Phi) is 5.68. The molecular formula is C19H29N3O. The quantitative estimate of drug-likeness (QED) is 0.842. The van der Waals surface area contributed by atoms with Crippen molar-refractivity contribution in [2.45, 2.75) is 26.3 Å². The number of likely N-dealkylation sites (tertiary alicyclic amines) is 1. The highest BCUT2D eigenvalue weighted by Crippen LogP contribution is 2.19. The molecule has 0 saturated carbocycles. The van der Waals surface area contributed by atoms with E-state index in [-0.39, 0.29) is 11.8 Å². The van der Waals surface area contributed by atoms with Crippen molar-refractivity contribution in [1.82, 2.24) is 15.5 Å². The number of carbonyl (C=O) groups is 1. The van der Waals surface area contributed by atoms with Crippen molar-refractivity contribution in [1.29, 1.82) is 0 Å². The van der Waals surface area contributed by atoms with Crippen molar-refractivity contribution < 1.29 is 4.79 Å². The molecule has 1 aromatic carbocycles. The van der Waals surface area contributed by atoms with Crippen LogP contribution in [0.2, 0.25) is 0 Å². The third-order valence-corrected chi connectivity index (χ3v) is 5.45. The number of amides is 1. The maximum Gasteiger partial charge on any atom is 0.223 e. The largest absolute Gasteiger partial charge is 0.356 e. The van der Waals surface area contributed by atoms with Gasteiger partial charge in [-0.05, 0) is 56.4 Å². The number of nitrogens with zero attached hydrogens (tertiary/aromatic N) is 1. The van der Waals surface area contributed by atoms with E-state index in [1.54, 1.807) is 0 Å². The number of rotatable bonds is 6. The number of nitrogens with one attached hydrogen (secondary N) is 2. The number of benzene rings is 1. The zero-order chi connectivity index (χ0) is 16.1. The fourth-order valence-electron chi connectivity index (χ4n) is 3.47. The van der Waals surface area contributed by atoms with E-state index in [1.165, 1.54) is 18.4 Å². The summed E-state index contributed by atoms with van der Waals surface area (Å²) in [5, 5.41) is 6.42. The first kappa shape index (κ1) is 16.5. The summed E-state index contributed by atoms with van der Waals surface area (Å²) in [7, 11) is 0. The Labute approximate surface area is 139 Å². The second-order valence-corrected chi connectivity index (χ2v) is 7.16. The number of hydrogen-bond donors (Lipinski definition) is 2. The molecule has 2 saturated heterocycles. The van der Waals surface area contributed by atoms with Crippen LogP contribution in [-0.2, 0) is 11.3 Å². The van der Waals surface area contributed by atoms with Crippen LogP contribution in [0.3, 0.4) is 0 Å². The van der Waals surface area contributed by atoms with Gasteiger partial charge in [0.05, 0.1) is 0 Å². The molecule has 23 heavy (non-hydrogen) atoms. The summed E-state index contributed by atoms with van der Waals surface area (Å²) in [6.45, 7) is 8.21. The van der Waals surface area contributed by atoms with Crippen LogP contribution < -0.4 is 10.6 Å². The van der Waals surface area contributed by atoms with Crippen molar-refractivity contribution in [2.75, 3.05) is 32.7 Å². The molecule has 2 aliphatic rings. The van der Waals surface area contributed by atoms with Crippen molar-refractivity contribution in [3.8, 4) is 0 Å². The topological polar surface area (TPSA) is 44.4 Å². The Hall–Kier alpha value is -1.39. The first-order valence-electron chi connectivity index (χ1n) is 8.97. The first-order chi connectivity index (χ1) is 11.2. The van der Waals surface area contributed by atoms with Gasteiger partial charge in [0.25, 0.3) is 0 Å². The first-order valence-corrected chi connectivity index (χ1v) is 8.97. The molecule has 2 heterocycles. The van der Waals surface area contributed by atoms with Crippen LogP contribution in [0.5, 0.6) is 0 Å². The van der Waals surface area contributed by atoms with E-state index in [0.29, 0.717) is 11.8 Å². The standard InChI is InChI=1S/C19H29N3O/c1-15(18-12-20-13-18)19(23)21-11-16-7-9-22(10-8-16)14-17-5-3-2-4-6-17/h2-6,15-16,18,20H,7-14H2,1H3,(H,21,23). The van der Waals surface area contributed by atoms with Gasteiger partial charge in [0.2, 0.25) is 5.91 Å². The van der Waals surface area contributed by atoms with E-state index in [2.05, 4.69) is 52.8 Å². The van der Waals surface area contributed by atoms with Crippen LogP contribution >= 0.6 is 0 Å². The maximum absolute atomic E-state index is 12.2. The van der Waals surface area contributed by atoms with Crippen molar-refractivity contribution in [3.63, 3.8) is 0 Å². The van der Waals surface area contributed by atoms with Gasteiger partial charge in [0, 0.05) is 19.0 Å². The zero-order valence-corrected chi connectivity index (χ0v) is 14.1. The fraction of sp³-hybridized carbons (Fsp3) is 0.632. The van der Waals surface area contributed by atoms with E-state index in [1.807, 2.05) is 0 Å². The molecule has 1 amide bonds. The van der Waals surface area contributed by atoms with Crippen LogP contribution in [0.25, 0.3) is 0 Å². The molecule has 0 radical (unpaired) electrons. The fourth-order valence-corrected chi connectivity index (χ4v) is 3.47. The van der Waals surface area contributed by atoms with Crippen LogP contribution in [0.4, 0.5) is 0 Å². The molecule has 0 aromatic heterocycles. The molecule has 126 valence electrons. The van der Waals surface area contributed by atoms with Crippen LogP contribution in [0.15, 0.2) is 30.3 Å². The number of carbonyl (C=O) groups excluding carboxylic acids is 1. The lowest BCUT2D eigenvalue weighted by Gasteiger charge is -2.34. The maximum atomic E-state index is 12.2. The summed E-state index contributed by atoms with van der Waals surface area (Å²) < 4.78 is 0. The summed E-state index contributed by atoms with van der Waals surface area (Å²) >= 11 is 0. The average molecular weight is 315 g/mol. The molecular weight excluding hydrogens is 286 g/mol. The molecule has 1 atom stereocenters. The Bertz CT molecular complexity index is 493. The number of hydrogen-bond acceptors (Lipinski definition) is 3. The molecule has 0 spiro atoms. The Morgan fingerprint density at radius 3 is 2.57 bits per heavy atom. The lowest BCUT2D eigenvalue weighted by molar-refractivity contribution is -0.126. The Morgan fingerprint density at radius 1 is 1.26 bits per heavy atom. The highest BCUT2D eigenvalue weighted by molar-refractivity contribution is 5.78. The normalized spacial score (nSPS) is 21.6.